The van der Waals surface area contributed by atoms with Crippen molar-refractivity contribution < 1.29 is 23.0 Å². The van der Waals surface area contributed by atoms with E-state index in [0.717, 1.165) is 81.8 Å². The summed E-state index contributed by atoms with van der Waals surface area (Å²) in [7, 11) is 0. The first-order valence-electron chi connectivity index (χ1n) is 14.5. The fourth-order valence-electron chi connectivity index (χ4n) is 6.90. The van der Waals surface area contributed by atoms with E-state index >= 15 is 8.78 Å². The van der Waals surface area contributed by atoms with Crippen LogP contribution in [-0.4, -0.2) is 17.8 Å². The molecule has 2 aromatic rings. The molecule has 3 fully saturated rings. The summed E-state index contributed by atoms with van der Waals surface area (Å²) in [6.07, 6.45) is 10.2. The van der Waals surface area contributed by atoms with Gasteiger partial charge in [-0.1, -0.05) is 37.6 Å². The monoisotopic (exact) mass is 514 g/mol. The summed E-state index contributed by atoms with van der Waals surface area (Å²) >= 11 is 0. The molecule has 1 aliphatic heterocycles. The van der Waals surface area contributed by atoms with Gasteiger partial charge in [0.25, 0.3) is 0 Å². The Morgan fingerprint density at radius 3 is 2.16 bits per heavy atom. The second kappa shape index (κ2) is 11.9. The maximum atomic E-state index is 15.1. The van der Waals surface area contributed by atoms with Crippen LogP contribution in [0.5, 0.6) is 0 Å². The molecule has 1 saturated heterocycles. The summed E-state index contributed by atoms with van der Waals surface area (Å²) in [4.78, 5) is 0. The lowest BCUT2D eigenvalue weighted by atomic mass is 9.75. The molecule has 0 spiro atoms. The van der Waals surface area contributed by atoms with Crippen molar-refractivity contribution >= 4 is 0 Å². The molecule has 5 heteroatoms. The Hall–Kier alpha value is -1.85. The molecule has 2 saturated carbocycles. The molecule has 2 atom stereocenters. The molecule has 0 radical (unpaired) electrons. The first-order valence-corrected chi connectivity index (χ1v) is 14.5. The lowest BCUT2D eigenvalue weighted by Crippen LogP contribution is -2.25. The van der Waals surface area contributed by atoms with Crippen molar-refractivity contribution in [3.8, 4) is 0 Å². The maximum Gasteiger partial charge on any atom is 0.162 e. The van der Waals surface area contributed by atoms with E-state index in [1.54, 1.807) is 18.2 Å². The third kappa shape index (κ3) is 6.25. The number of hydrogen-bond donors (Lipinski definition) is 1. The predicted molar refractivity (Wildman–Crippen MR) is 140 cm³/mol. The highest BCUT2D eigenvalue weighted by molar-refractivity contribution is 5.31. The fourth-order valence-corrected chi connectivity index (χ4v) is 6.90. The van der Waals surface area contributed by atoms with Crippen LogP contribution in [0, 0.1) is 29.3 Å². The van der Waals surface area contributed by atoms with Gasteiger partial charge >= 0.3 is 0 Å². The largest absolute Gasteiger partial charge is 0.393 e. The molecule has 2 aliphatic carbocycles. The standard InChI is InChI=1S/C32H41F3O2/c1-2-3-29(36)23-12-10-22(11-13-23)27-17-14-24(31(34)32(27)35)9-6-20-4-7-21(8-5-20)26-16-15-25(18-28(26)33)30-19-37-30/h14-18,20-23,29-30,36H,2-13,19H2,1H3. The number of ether oxygens (including phenoxy) is 1. The number of benzene rings is 2. The van der Waals surface area contributed by atoms with E-state index in [9.17, 15) is 9.50 Å². The smallest absolute Gasteiger partial charge is 0.162 e. The van der Waals surface area contributed by atoms with Gasteiger partial charge in [-0.25, -0.2) is 13.2 Å². The lowest BCUT2D eigenvalue weighted by molar-refractivity contribution is 0.0727. The van der Waals surface area contributed by atoms with Crippen LogP contribution in [0.15, 0.2) is 30.3 Å². The van der Waals surface area contributed by atoms with Crippen molar-refractivity contribution in [2.24, 2.45) is 11.8 Å². The van der Waals surface area contributed by atoms with E-state index in [-0.39, 0.29) is 35.8 Å². The number of aliphatic hydroxyl groups is 1. The van der Waals surface area contributed by atoms with Gasteiger partial charge in [-0.2, -0.15) is 0 Å². The van der Waals surface area contributed by atoms with Crippen LogP contribution in [0.25, 0.3) is 0 Å². The van der Waals surface area contributed by atoms with Gasteiger partial charge in [0.05, 0.1) is 12.7 Å². The lowest BCUT2D eigenvalue weighted by Gasteiger charge is -2.32. The first-order chi connectivity index (χ1) is 17.9. The van der Waals surface area contributed by atoms with E-state index in [4.69, 9.17) is 4.74 Å². The summed E-state index contributed by atoms with van der Waals surface area (Å²) < 4.78 is 50.1. The van der Waals surface area contributed by atoms with Crippen molar-refractivity contribution in [1.29, 1.82) is 0 Å². The van der Waals surface area contributed by atoms with Gasteiger partial charge in [0.1, 0.15) is 11.9 Å². The Kier molecular flexibility index (Phi) is 8.60. The van der Waals surface area contributed by atoms with E-state index in [0.29, 0.717) is 30.1 Å². The fraction of sp³-hybridized carbons (Fsp3) is 0.625. The van der Waals surface area contributed by atoms with Crippen molar-refractivity contribution in [2.75, 3.05) is 6.61 Å². The Morgan fingerprint density at radius 2 is 1.51 bits per heavy atom. The average molecular weight is 515 g/mol. The quantitative estimate of drug-likeness (QED) is 0.340. The molecule has 3 aliphatic rings. The summed E-state index contributed by atoms with van der Waals surface area (Å²) in [6.45, 7) is 2.76. The minimum Gasteiger partial charge on any atom is -0.393 e. The molecular weight excluding hydrogens is 473 g/mol. The van der Waals surface area contributed by atoms with Gasteiger partial charge < -0.3 is 9.84 Å². The van der Waals surface area contributed by atoms with E-state index in [1.807, 2.05) is 12.1 Å². The second-order valence-electron chi connectivity index (χ2n) is 11.8. The number of hydrogen-bond acceptors (Lipinski definition) is 2. The minimum atomic E-state index is -0.680. The predicted octanol–water partition coefficient (Wildman–Crippen LogP) is 8.52. The SMILES string of the molecule is CCCC(O)C1CCC(c2ccc(CCC3CCC(c4ccc(C5CO5)cc4F)CC3)c(F)c2F)CC1. The van der Waals surface area contributed by atoms with Crippen molar-refractivity contribution in [2.45, 2.75) is 108 Å². The van der Waals surface area contributed by atoms with Crippen molar-refractivity contribution in [1.82, 2.24) is 0 Å². The zero-order valence-corrected chi connectivity index (χ0v) is 22.0. The summed E-state index contributed by atoms with van der Waals surface area (Å²) in [5.74, 6) is -0.459. The van der Waals surface area contributed by atoms with Crippen molar-refractivity contribution in [3.63, 3.8) is 0 Å². The highest BCUT2D eigenvalue weighted by Crippen LogP contribution is 2.41. The van der Waals surface area contributed by atoms with Crippen LogP contribution in [0.1, 0.15) is 118 Å². The van der Waals surface area contributed by atoms with Gasteiger partial charge in [0.15, 0.2) is 11.6 Å². The number of epoxide rings is 1. The van der Waals surface area contributed by atoms with Crippen LogP contribution < -0.4 is 0 Å². The third-order valence-electron chi connectivity index (χ3n) is 9.37. The topological polar surface area (TPSA) is 32.8 Å². The molecule has 2 nitrogen and oxygen atoms in total. The van der Waals surface area contributed by atoms with Crippen molar-refractivity contribution in [3.05, 3.63) is 70.0 Å². The minimum absolute atomic E-state index is 0.0372. The molecule has 5 rings (SSSR count). The number of rotatable bonds is 9. The Balaban J connectivity index is 1.12. The first kappa shape index (κ1) is 26.7. The molecule has 1 N–H and O–H groups in total. The second-order valence-corrected chi connectivity index (χ2v) is 11.8. The number of aryl methyl sites for hydroxylation is 1. The summed E-state index contributed by atoms with van der Waals surface area (Å²) in [6, 6.07) is 9.14. The highest BCUT2D eigenvalue weighted by atomic mass is 19.2. The van der Waals surface area contributed by atoms with E-state index in [1.165, 1.54) is 0 Å². The Bertz CT molecular complexity index is 1050. The molecule has 37 heavy (non-hydrogen) atoms. The molecule has 1 heterocycles. The van der Waals surface area contributed by atoms with Crippen LogP contribution in [0.3, 0.4) is 0 Å². The van der Waals surface area contributed by atoms with Gasteiger partial charge in [-0.15, -0.1) is 0 Å². The van der Waals surface area contributed by atoms with Gasteiger partial charge in [-0.05, 0) is 123 Å². The van der Waals surface area contributed by atoms with Crippen LogP contribution in [-0.2, 0) is 11.2 Å². The molecule has 2 aromatic carbocycles. The van der Waals surface area contributed by atoms with Gasteiger partial charge in [-0.3, -0.25) is 0 Å². The molecule has 202 valence electrons. The number of halogens is 3. The molecule has 2 unspecified atom stereocenters. The van der Waals surface area contributed by atoms with E-state index in [2.05, 4.69) is 6.92 Å². The average Bonchev–Trinajstić information content (AvgIpc) is 3.76. The molecule has 0 bridgehead atoms. The molecular formula is C32H41F3O2. The van der Waals surface area contributed by atoms with E-state index < -0.39 is 11.6 Å². The third-order valence-corrected chi connectivity index (χ3v) is 9.37. The van der Waals surface area contributed by atoms with Gasteiger partial charge in [0.2, 0.25) is 0 Å². The van der Waals surface area contributed by atoms with Crippen LogP contribution >= 0.6 is 0 Å². The Morgan fingerprint density at radius 1 is 0.865 bits per heavy atom. The van der Waals surface area contributed by atoms with Crippen LogP contribution in [0.2, 0.25) is 0 Å². The Labute approximate surface area is 219 Å². The zero-order valence-electron chi connectivity index (χ0n) is 22.0. The summed E-state index contributed by atoms with van der Waals surface area (Å²) in [5.41, 5.74) is 2.71. The normalized spacial score (nSPS) is 28.7. The molecule has 0 amide bonds. The van der Waals surface area contributed by atoms with Crippen LogP contribution in [0.4, 0.5) is 13.2 Å². The zero-order chi connectivity index (χ0) is 25.9. The number of aliphatic hydroxyl groups excluding tert-OH is 1. The summed E-state index contributed by atoms with van der Waals surface area (Å²) in [5, 5.41) is 10.3. The highest BCUT2D eigenvalue weighted by Gasteiger charge is 2.30. The molecule has 0 aromatic heterocycles. The maximum absolute atomic E-state index is 15.1. The van der Waals surface area contributed by atoms with Gasteiger partial charge in [0, 0.05) is 0 Å².